The van der Waals surface area contributed by atoms with E-state index in [-0.39, 0.29) is 11.3 Å². The Labute approximate surface area is 115 Å². The van der Waals surface area contributed by atoms with E-state index in [9.17, 15) is 4.79 Å². The van der Waals surface area contributed by atoms with Gasteiger partial charge in [-0.3, -0.25) is 4.79 Å². The SMILES string of the molecule is CN1C(=O)Cc2cc(C(Cl)c3cccs3)ccc21. The second kappa shape index (κ2) is 4.41. The number of anilines is 1. The van der Waals surface area contributed by atoms with E-state index in [4.69, 9.17) is 11.6 Å². The summed E-state index contributed by atoms with van der Waals surface area (Å²) in [7, 11) is 1.81. The summed E-state index contributed by atoms with van der Waals surface area (Å²) < 4.78 is 0. The molecule has 1 aromatic heterocycles. The Hall–Kier alpha value is -1.32. The summed E-state index contributed by atoms with van der Waals surface area (Å²) >= 11 is 8.11. The lowest BCUT2D eigenvalue weighted by Gasteiger charge is -2.12. The van der Waals surface area contributed by atoms with Gasteiger partial charge < -0.3 is 4.90 Å². The van der Waals surface area contributed by atoms with Gasteiger partial charge in [0.15, 0.2) is 0 Å². The summed E-state index contributed by atoms with van der Waals surface area (Å²) in [5, 5.41) is 1.89. The predicted molar refractivity (Wildman–Crippen MR) is 75.6 cm³/mol. The van der Waals surface area contributed by atoms with Gasteiger partial charge in [0.1, 0.15) is 0 Å². The van der Waals surface area contributed by atoms with Crippen molar-refractivity contribution in [3.63, 3.8) is 0 Å². The second-order valence-electron chi connectivity index (χ2n) is 4.40. The third kappa shape index (κ3) is 1.84. The average molecular weight is 278 g/mol. The molecule has 1 aliphatic rings. The summed E-state index contributed by atoms with van der Waals surface area (Å²) in [6.07, 6.45) is 0.480. The van der Waals surface area contributed by atoms with Crippen molar-refractivity contribution >= 4 is 34.5 Å². The molecule has 0 bridgehead atoms. The quantitative estimate of drug-likeness (QED) is 0.768. The largest absolute Gasteiger partial charge is 0.315 e. The van der Waals surface area contributed by atoms with Crippen LogP contribution in [-0.2, 0) is 11.2 Å². The lowest BCUT2D eigenvalue weighted by atomic mass is 10.0. The lowest BCUT2D eigenvalue weighted by molar-refractivity contribution is -0.117. The topological polar surface area (TPSA) is 20.3 Å². The first-order valence-electron chi connectivity index (χ1n) is 5.73. The highest BCUT2D eigenvalue weighted by Crippen LogP contribution is 2.36. The number of likely N-dealkylation sites (N-methyl/N-ethyl adjacent to an activating group) is 1. The van der Waals surface area contributed by atoms with E-state index in [1.807, 2.05) is 42.8 Å². The predicted octanol–water partition coefficient (Wildman–Crippen LogP) is 3.60. The number of hydrogen-bond donors (Lipinski definition) is 0. The zero-order valence-corrected chi connectivity index (χ0v) is 11.5. The molecular weight excluding hydrogens is 266 g/mol. The number of nitrogens with zero attached hydrogens (tertiary/aromatic N) is 1. The number of rotatable bonds is 2. The average Bonchev–Trinajstić information content (AvgIpc) is 2.98. The third-order valence-corrected chi connectivity index (χ3v) is 4.82. The van der Waals surface area contributed by atoms with Crippen molar-refractivity contribution in [3.05, 3.63) is 51.7 Å². The number of thiophene rings is 1. The summed E-state index contributed by atoms with van der Waals surface area (Å²) in [6.45, 7) is 0. The van der Waals surface area contributed by atoms with Gasteiger partial charge in [-0.05, 0) is 28.6 Å². The van der Waals surface area contributed by atoms with Crippen LogP contribution in [0.2, 0.25) is 0 Å². The normalized spacial score (nSPS) is 15.9. The number of amides is 1. The molecular formula is C14H12ClNOS. The molecule has 1 aliphatic heterocycles. The van der Waals surface area contributed by atoms with Crippen LogP contribution in [0.3, 0.4) is 0 Å². The summed E-state index contributed by atoms with van der Waals surface area (Å²) in [4.78, 5) is 14.5. The molecule has 3 rings (SSSR count). The van der Waals surface area contributed by atoms with E-state index in [0.29, 0.717) is 6.42 Å². The monoisotopic (exact) mass is 277 g/mol. The number of hydrogen-bond acceptors (Lipinski definition) is 2. The molecule has 0 N–H and O–H groups in total. The molecule has 0 fully saturated rings. The van der Waals surface area contributed by atoms with E-state index in [2.05, 4.69) is 0 Å². The van der Waals surface area contributed by atoms with Gasteiger partial charge in [-0.25, -0.2) is 0 Å². The van der Waals surface area contributed by atoms with Crippen LogP contribution in [0.25, 0.3) is 0 Å². The Kier molecular flexibility index (Phi) is 2.88. The summed E-state index contributed by atoms with van der Waals surface area (Å²) in [6, 6.07) is 10.1. The second-order valence-corrected chi connectivity index (χ2v) is 5.81. The van der Waals surface area contributed by atoms with E-state index >= 15 is 0 Å². The van der Waals surface area contributed by atoms with Gasteiger partial charge in [0.25, 0.3) is 0 Å². The van der Waals surface area contributed by atoms with Gasteiger partial charge in [0.05, 0.1) is 11.8 Å². The first-order valence-corrected chi connectivity index (χ1v) is 7.05. The highest BCUT2D eigenvalue weighted by atomic mass is 35.5. The van der Waals surface area contributed by atoms with Gasteiger partial charge in [-0.1, -0.05) is 18.2 Å². The van der Waals surface area contributed by atoms with Crippen molar-refractivity contribution in [1.29, 1.82) is 0 Å². The fraction of sp³-hybridized carbons (Fsp3) is 0.214. The molecule has 18 heavy (non-hydrogen) atoms. The number of carbonyl (C=O) groups excluding carboxylic acids is 1. The molecule has 4 heteroatoms. The maximum absolute atomic E-state index is 11.6. The number of alkyl halides is 1. The molecule has 92 valence electrons. The minimum Gasteiger partial charge on any atom is -0.315 e. The number of carbonyl (C=O) groups is 1. The van der Waals surface area contributed by atoms with Crippen LogP contribution < -0.4 is 4.90 Å². The number of halogens is 1. The van der Waals surface area contributed by atoms with Crippen LogP contribution >= 0.6 is 22.9 Å². The maximum atomic E-state index is 11.6. The first kappa shape index (κ1) is 11.8. The van der Waals surface area contributed by atoms with Crippen molar-refractivity contribution in [2.45, 2.75) is 11.8 Å². The van der Waals surface area contributed by atoms with E-state index < -0.39 is 0 Å². The Bertz CT molecular complexity index is 594. The van der Waals surface area contributed by atoms with Crippen LogP contribution in [0.1, 0.15) is 21.4 Å². The van der Waals surface area contributed by atoms with Gasteiger partial charge >= 0.3 is 0 Å². The third-order valence-electron chi connectivity index (χ3n) is 3.27. The molecule has 0 spiro atoms. The zero-order chi connectivity index (χ0) is 12.7. The molecule has 2 aromatic rings. The molecule has 0 saturated carbocycles. The van der Waals surface area contributed by atoms with Gasteiger partial charge in [0, 0.05) is 17.6 Å². The van der Waals surface area contributed by atoms with Crippen molar-refractivity contribution in [1.82, 2.24) is 0 Å². The fourth-order valence-electron chi connectivity index (χ4n) is 2.25. The number of benzene rings is 1. The Morgan fingerprint density at radius 1 is 1.39 bits per heavy atom. The van der Waals surface area contributed by atoms with Crippen molar-refractivity contribution in [3.8, 4) is 0 Å². The number of fused-ring (bicyclic) bond motifs is 1. The van der Waals surface area contributed by atoms with Gasteiger partial charge in [-0.2, -0.15) is 0 Å². The van der Waals surface area contributed by atoms with E-state index in [0.717, 1.165) is 21.7 Å². The zero-order valence-electron chi connectivity index (χ0n) is 9.89. The highest BCUT2D eigenvalue weighted by Gasteiger charge is 2.25. The van der Waals surface area contributed by atoms with E-state index in [1.54, 1.807) is 16.2 Å². The molecule has 2 heterocycles. The maximum Gasteiger partial charge on any atom is 0.231 e. The standard InChI is InChI=1S/C14H12ClNOS/c1-16-11-5-4-9(7-10(11)8-13(16)17)14(15)12-3-2-6-18-12/h2-7,14H,8H2,1H3. The molecule has 1 unspecified atom stereocenters. The molecule has 0 radical (unpaired) electrons. The van der Waals surface area contributed by atoms with Crippen LogP contribution in [0.15, 0.2) is 35.7 Å². The molecule has 0 saturated heterocycles. The fourth-order valence-corrected chi connectivity index (χ4v) is 3.34. The van der Waals surface area contributed by atoms with Crippen molar-refractivity contribution in [2.24, 2.45) is 0 Å². The van der Waals surface area contributed by atoms with Crippen LogP contribution in [0, 0.1) is 0 Å². The van der Waals surface area contributed by atoms with Crippen LogP contribution in [-0.4, -0.2) is 13.0 Å². The minimum atomic E-state index is -0.128. The lowest BCUT2D eigenvalue weighted by Crippen LogP contribution is -2.20. The molecule has 1 amide bonds. The highest BCUT2D eigenvalue weighted by molar-refractivity contribution is 7.10. The van der Waals surface area contributed by atoms with Crippen molar-refractivity contribution in [2.75, 3.05) is 11.9 Å². The Morgan fingerprint density at radius 2 is 2.22 bits per heavy atom. The molecule has 0 aliphatic carbocycles. The van der Waals surface area contributed by atoms with Gasteiger partial charge in [-0.15, -0.1) is 22.9 Å². The minimum absolute atomic E-state index is 0.128. The Morgan fingerprint density at radius 3 is 2.94 bits per heavy atom. The van der Waals surface area contributed by atoms with Crippen molar-refractivity contribution < 1.29 is 4.79 Å². The van der Waals surface area contributed by atoms with Crippen LogP contribution in [0.5, 0.6) is 0 Å². The van der Waals surface area contributed by atoms with Gasteiger partial charge in [0.2, 0.25) is 5.91 Å². The summed E-state index contributed by atoms with van der Waals surface area (Å²) in [5.74, 6) is 0.143. The molecule has 1 aromatic carbocycles. The van der Waals surface area contributed by atoms with Crippen LogP contribution in [0.4, 0.5) is 5.69 Å². The first-order chi connectivity index (χ1) is 8.66. The molecule has 1 atom stereocenters. The van der Waals surface area contributed by atoms with E-state index in [1.165, 1.54) is 0 Å². The molecule has 2 nitrogen and oxygen atoms in total. The smallest absolute Gasteiger partial charge is 0.231 e. The Balaban J connectivity index is 1.97. The summed E-state index contributed by atoms with van der Waals surface area (Å²) in [5.41, 5.74) is 3.13.